The summed E-state index contributed by atoms with van der Waals surface area (Å²) >= 11 is 0. The monoisotopic (exact) mass is 381 g/mol. The molecule has 1 fully saturated rings. The fraction of sp³-hybridized carbons (Fsp3) is 0.455. The number of ether oxygens (including phenoxy) is 3. The number of benzene rings is 2. The summed E-state index contributed by atoms with van der Waals surface area (Å²) in [6.07, 6.45) is 4.29. The first-order valence-corrected chi connectivity index (χ1v) is 9.87. The van der Waals surface area contributed by atoms with Gasteiger partial charge in [0.25, 0.3) is 5.69 Å². The number of hydrogen-bond donors (Lipinski definition) is 0. The van der Waals surface area contributed by atoms with Gasteiger partial charge in [-0.3, -0.25) is 10.1 Å². The highest BCUT2D eigenvalue weighted by Crippen LogP contribution is 2.55. The van der Waals surface area contributed by atoms with Crippen molar-refractivity contribution in [1.29, 1.82) is 0 Å². The minimum atomic E-state index is -0.678. The molecule has 0 spiro atoms. The van der Waals surface area contributed by atoms with Gasteiger partial charge in [-0.2, -0.15) is 0 Å². The molecule has 1 aliphatic carbocycles. The van der Waals surface area contributed by atoms with Gasteiger partial charge in [-0.1, -0.05) is 18.9 Å². The van der Waals surface area contributed by atoms with Gasteiger partial charge in [-0.05, 0) is 42.2 Å². The summed E-state index contributed by atoms with van der Waals surface area (Å²) in [5, 5.41) is 11.0. The van der Waals surface area contributed by atoms with Crippen molar-refractivity contribution in [3.63, 3.8) is 0 Å². The zero-order valence-electron chi connectivity index (χ0n) is 16.0. The van der Waals surface area contributed by atoms with Gasteiger partial charge in [0.1, 0.15) is 6.10 Å². The van der Waals surface area contributed by atoms with E-state index in [4.69, 9.17) is 14.2 Å². The Bertz CT molecular complexity index is 937. The Morgan fingerprint density at radius 1 is 1.04 bits per heavy atom. The topological polar surface area (TPSA) is 70.8 Å². The molecule has 146 valence electrons. The van der Waals surface area contributed by atoms with Gasteiger partial charge in [0.05, 0.1) is 11.0 Å². The van der Waals surface area contributed by atoms with Gasteiger partial charge >= 0.3 is 0 Å². The van der Waals surface area contributed by atoms with Crippen molar-refractivity contribution in [3.05, 3.63) is 63.2 Å². The summed E-state index contributed by atoms with van der Waals surface area (Å²) in [6, 6.07) is 10.7. The van der Waals surface area contributed by atoms with E-state index in [0.717, 1.165) is 41.9 Å². The summed E-state index contributed by atoms with van der Waals surface area (Å²) in [6.45, 7) is 3.84. The van der Waals surface area contributed by atoms with Gasteiger partial charge in [-0.15, -0.1) is 0 Å². The fourth-order valence-corrected chi connectivity index (χ4v) is 4.79. The van der Waals surface area contributed by atoms with E-state index in [1.165, 1.54) is 12.0 Å². The van der Waals surface area contributed by atoms with Crippen molar-refractivity contribution >= 4 is 5.69 Å². The van der Waals surface area contributed by atoms with Crippen molar-refractivity contribution < 1.29 is 19.1 Å². The molecule has 0 N–H and O–H groups in total. The van der Waals surface area contributed by atoms with Crippen molar-refractivity contribution in [3.8, 4) is 11.5 Å². The van der Waals surface area contributed by atoms with Crippen LogP contribution in [0.25, 0.3) is 0 Å². The van der Waals surface area contributed by atoms with Gasteiger partial charge in [0, 0.05) is 37.5 Å². The highest BCUT2D eigenvalue weighted by molar-refractivity contribution is 5.58. The fourth-order valence-electron chi connectivity index (χ4n) is 4.79. The Hall–Kier alpha value is -2.60. The van der Waals surface area contributed by atoms with Crippen LogP contribution >= 0.6 is 0 Å². The highest BCUT2D eigenvalue weighted by atomic mass is 16.7. The first-order valence-electron chi connectivity index (χ1n) is 9.87. The maximum atomic E-state index is 11.0. The molecule has 2 aromatic rings. The van der Waals surface area contributed by atoms with Crippen LogP contribution in [0.1, 0.15) is 68.2 Å². The van der Waals surface area contributed by atoms with E-state index in [0.29, 0.717) is 5.92 Å². The second kappa shape index (κ2) is 6.21. The highest BCUT2D eigenvalue weighted by Gasteiger charge is 2.44. The third-order valence-electron chi connectivity index (χ3n) is 5.97. The lowest BCUT2D eigenvalue weighted by molar-refractivity contribution is -0.384. The summed E-state index contributed by atoms with van der Waals surface area (Å²) in [4.78, 5) is 10.6. The lowest BCUT2D eigenvalue weighted by Gasteiger charge is -2.41. The molecule has 0 aromatic heterocycles. The van der Waals surface area contributed by atoms with E-state index in [1.807, 2.05) is 19.9 Å². The number of non-ortho nitro benzene ring substituents is 1. The normalized spacial score (nSPS) is 27.0. The number of rotatable bonds is 2. The minimum absolute atomic E-state index is 0.0859. The number of nitrogens with zero attached hydrogens (tertiary/aromatic N) is 1. The lowest BCUT2D eigenvalue weighted by atomic mass is 9.75. The quantitative estimate of drug-likeness (QED) is 0.525. The average molecular weight is 381 g/mol. The van der Waals surface area contributed by atoms with Crippen LogP contribution in [0.3, 0.4) is 0 Å². The molecule has 5 rings (SSSR count). The smallest absolute Gasteiger partial charge is 0.269 e. The molecule has 0 unspecified atom stereocenters. The number of nitro benzene ring substituents is 1. The molecule has 0 saturated heterocycles. The SMILES string of the molecule is CC1(C)Oc2ccc3c(c2O1)[C@@H]1CCCC[C@@H]1O[C@@H]3c1ccc([N+](=O)[O-])cc1. The van der Waals surface area contributed by atoms with E-state index in [9.17, 15) is 10.1 Å². The average Bonchev–Trinajstić information content (AvgIpc) is 3.01. The molecule has 2 aliphatic heterocycles. The summed E-state index contributed by atoms with van der Waals surface area (Å²) in [5.41, 5.74) is 3.29. The molecular formula is C22H23NO5. The largest absolute Gasteiger partial charge is 0.449 e. The van der Waals surface area contributed by atoms with Crippen LogP contribution < -0.4 is 9.47 Å². The predicted octanol–water partition coefficient (Wildman–Crippen LogP) is 5.25. The minimum Gasteiger partial charge on any atom is -0.449 e. The lowest BCUT2D eigenvalue weighted by Crippen LogP contribution is -2.34. The van der Waals surface area contributed by atoms with E-state index in [2.05, 4.69) is 6.07 Å². The maximum Gasteiger partial charge on any atom is 0.269 e. The summed E-state index contributed by atoms with van der Waals surface area (Å²) in [7, 11) is 0. The third kappa shape index (κ3) is 2.75. The van der Waals surface area contributed by atoms with Crippen molar-refractivity contribution in [2.75, 3.05) is 0 Å². The van der Waals surface area contributed by atoms with Crippen LogP contribution in [0.4, 0.5) is 5.69 Å². The first-order chi connectivity index (χ1) is 13.4. The van der Waals surface area contributed by atoms with E-state index in [1.54, 1.807) is 24.3 Å². The Morgan fingerprint density at radius 2 is 1.79 bits per heavy atom. The van der Waals surface area contributed by atoms with Gasteiger partial charge in [0.2, 0.25) is 5.79 Å². The molecule has 3 aliphatic rings. The van der Waals surface area contributed by atoms with Crippen LogP contribution in [0.15, 0.2) is 36.4 Å². The van der Waals surface area contributed by atoms with Crippen LogP contribution in [-0.2, 0) is 4.74 Å². The Morgan fingerprint density at radius 3 is 2.54 bits per heavy atom. The van der Waals surface area contributed by atoms with Gasteiger partial charge < -0.3 is 14.2 Å². The summed E-state index contributed by atoms with van der Waals surface area (Å²) in [5.74, 6) is 1.25. The molecule has 0 radical (unpaired) electrons. The summed E-state index contributed by atoms with van der Waals surface area (Å²) < 4.78 is 18.7. The Labute approximate surface area is 163 Å². The van der Waals surface area contributed by atoms with Crippen LogP contribution in [0, 0.1) is 10.1 Å². The Balaban J connectivity index is 1.63. The van der Waals surface area contributed by atoms with Gasteiger partial charge in [0.15, 0.2) is 11.5 Å². The number of hydrogen-bond acceptors (Lipinski definition) is 5. The molecule has 0 bridgehead atoms. The number of fused-ring (bicyclic) bond motifs is 5. The van der Waals surface area contributed by atoms with Crippen molar-refractivity contribution in [2.24, 2.45) is 0 Å². The second-order valence-electron chi connectivity index (χ2n) is 8.29. The zero-order valence-corrected chi connectivity index (χ0v) is 16.0. The second-order valence-corrected chi connectivity index (χ2v) is 8.29. The Kier molecular flexibility index (Phi) is 3.88. The molecule has 6 heteroatoms. The van der Waals surface area contributed by atoms with Crippen LogP contribution in [0.5, 0.6) is 11.5 Å². The van der Waals surface area contributed by atoms with Gasteiger partial charge in [-0.25, -0.2) is 0 Å². The molecule has 1 saturated carbocycles. The third-order valence-corrected chi connectivity index (χ3v) is 5.97. The molecule has 2 heterocycles. The van der Waals surface area contributed by atoms with E-state index < -0.39 is 5.79 Å². The van der Waals surface area contributed by atoms with E-state index >= 15 is 0 Å². The first kappa shape index (κ1) is 17.5. The van der Waals surface area contributed by atoms with Crippen molar-refractivity contribution in [2.45, 2.75) is 63.4 Å². The number of nitro groups is 1. The molecule has 28 heavy (non-hydrogen) atoms. The van der Waals surface area contributed by atoms with E-state index in [-0.39, 0.29) is 22.8 Å². The molecule has 2 aromatic carbocycles. The molecule has 3 atom stereocenters. The standard InChI is InChI=1S/C22H23NO5/c1-22(2)27-18-12-11-16-19(21(18)28-22)15-5-3-4-6-17(15)26-20(16)13-7-9-14(10-8-13)23(24)25/h7-12,15,17,20H,3-6H2,1-2H3/t15-,17+,20-/m1/s1. The van der Waals surface area contributed by atoms with Crippen LogP contribution in [-0.4, -0.2) is 16.8 Å². The molecule has 0 amide bonds. The molecule has 6 nitrogen and oxygen atoms in total. The van der Waals surface area contributed by atoms with Crippen molar-refractivity contribution in [1.82, 2.24) is 0 Å². The maximum absolute atomic E-state index is 11.0. The predicted molar refractivity (Wildman–Crippen MR) is 103 cm³/mol. The zero-order chi connectivity index (χ0) is 19.5. The van der Waals surface area contributed by atoms with Crippen LogP contribution in [0.2, 0.25) is 0 Å². The molecular weight excluding hydrogens is 358 g/mol.